The SMILES string of the molecule is Cc1cccc(C(=O)NC2CC(n3cnc4c(NCc5cccc(N6CCN(CC7CCN(c8ccc9c(c8)C(=O)N(C8CCC(=O)NC8=O)C9=O)CC7)CC6)c5)ncnc43)C2)n1. The standard InChI is InChI=1S/C46H50N12O5/c1-28-4-2-7-37(51-28)43(60)52-31-21-34(22-31)57-27-50-40-41(48-26-49-42(40)57)47-24-30-5-3-6-32(20-30)56-18-16-54(17-19-56)25-29-12-14-55(15-13-29)33-8-9-35-36(23-33)46(63)58(45(35)62)38-10-11-39(59)53-44(38)61/h2-9,20,23,26-27,29,31,34,38H,10-19,21-22,24-25H2,1H3,(H,52,60)(H,47,48,49)(H,53,59,61). The van der Waals surface area contributed by atoms with E-state index in [0.29, 0.717) is 35.1 Å². The maximum Gasteiger partial charge on any atom is 0.270 e. The van der Waals surface area contributed by atoms with Gasteiger partial charge in [0.1, 0.15) is 23.6 Å². The number of anilines is 3. The van der Waals surface area contributed by atoms with Crippen LogP contribution in [0.2, 0.25) is 0 Å². The van der Waals surface area contributed by atoms with Crippen molar-refractivity contribution in [1.82, 2.24) is 44.9 Å². The number of nitrogens with one attached hydrogen (secondary N) is 3. The second-order valence-corrected chi connectivity index (χ2v) is 17.4. The van der Waals surface area contributed by atoms with Crippen LogP contribution in [0.15, 0.2) is 73.3 Å². The van der Waals surface area contributed by atoms with Gasteiger partial charge in [-0.15, -0.1) is 0 Å². The third-order valence-electron chi connectivity index (χ3n) is 13.3. The summed E-state index contributed by atoms with van der Waals surface area (Å²) in [6.45, 7) is 9.13. The van der Waals surface area contributed by atoms with E-state index in [1.807, 2.05) is 31.5 Å². The van der Waals surface area contributed by atoms with Crippen molar-refractivity contribution in [2.24, 2.45) is 5.92 Å². The number of imide groups is 2. The van der Waals surface area contributed by atoms with E-state index in [1.165, 1.54) is 5.69 Å². The number of rotatable bonds is 11. The first kappa shape index (κ1) is 40.3. The minimum absolute atomic E-state index is 0.0700. The summed E-state index contributed by atoms with van der Waals surface area (Å²) < 4.78 is 2.09. The number of imidazole rings is 1. The van der Waals surface area contributed by atoms with Gasteiger partial charge in [-0.05, 0) is 93.0 Å². The zero-order valence-corrected chi connectivity index (χ0v) is 35.2. The van der Waals surface area contributed by atoms with Crippen molar-refractivity contribution in [2.45, 2.75) is 70.1 Å². The zero-order valence-electron chi connectivity index (χ0n) is 35.2. The molecule has 3 N–H and O–H groups in total. The normalized spacial score (nSPS) is 22.0. The lowest BCUT2D eigenvalue weighted by Gasteiger charge is -2.40. The molecule has 3 aromatic heterocycles. The fourth-order valence-electron chi connectivity index (χ4n) is 9.74. The molecule has 3 saturated heterocycles. The van der Waals surface area contributed by atoms with Crippen LogP contribution < -0.4 is 25.8 Å². The molecule has 0 radical (unpaired) electrons. The molecular formula is C46H50N12O5. The molecule has 1 atom stereocenters. The Kier molecular flexibility index (Phi) is 10.8. The molecule has 7 heterocycles. The molecule has 2 aromatic carbocycles. The highest BCUT2D eigenvalue weighted by molar-refractivity contribution is 6.23. The summed E-state index contributed by atoms with van der Waals surface area (Å²) in [6.07, 6.45) is 7.30. The van der Waals surface area contributed by atoms with Crippen LogP contribution in [0.25, 0.3) is 11.2 Å². The van der Waals surface area contributed by atoms with Crippen molar-refractivity contribution >= 4 is 57.9 Å². The summed E-state index contributed by atoms with van der Waals surface area (Å²) in [6, 6.07) is 18.8. The van der Waals surface area contributed by atoms with Gasteiger partial charge in [-0.2, -0.15) is 0 Å². The van der Waals surface area contributed by atoms with E-state index in [0.717, 1.165) is 105 Å². The Hall–Kier alpha value is -6.75. The van der Waals surface area contributed by atoms with Crippen LogP contribution in [0.4, 0.5) is 17.2 Å². The van der Waals surface area contributed by atoms with Gasteiger partial charge in [-0.25, -0.2) is 19.9 Å². The zero-order chi connectivity index (χ0) is 43.2. The monoisotopic (exact) mass is 850 g/mol. The Bertz CT molecular complexity index is 2610. The molecule has 1 unspecified atom stereocenters. The van der Waals surface area contributed by atoms with E-state index < -0.39 is 23.8 Å². The molecule has 324 valence electrons. The number of hydrogen-bond donors (Lipinski definition) is 3. The number of aromatic nitrogens is 5. The Morgan fingerprint density at radius 1 is 0.810 bits per heavy atom. The Labute approximate surface area is 364 Å². The summed E-state index contributed by atoms with van der Waals surface area (Å²) >= 11 is 0. The molecule has 4 aliphatic heterocycles. The number of pyridine rings is 1. The molecule has 5 amide bonds. The van der Waals surface area contributed by atoms with E-state index in [2.05, 4.69) is 74.4 Å². The van der Waals surface area contributed by atoms with Crippen LogP contribution in [-0.2, 0) is 16.1 Å². The van der Waals surface area contributed by atoms with E-state index >= 15 is 0 Å². The van der Waals surface area contributed by atoms with Gasteiger partial charge in [-0.3, -0.25) is 39.1 Å². The van der Waals surface area contributed by atoms with Crippen LogP contribution in [0.5, 0.6) is 0 Å². The van der Waals surface area contributed by atoms with E-state index in [4.69, 9.17) is 4.98 Å². The second kappa shape index (κ2) is 16.8. The van der Waals surface area contributed by atoms with Gasteiger partial charge in [-0.1, -0.05) is 18.2 Å². The molecule has 5 aromatic rings. The summed E-state index contributed by atoms with van der Waals surface area (Å²) in [7, 11) is 0. The van der Waals surface area contributed by atoms with Crippen molar-refractivity contribution in [3.05, 3.63) is 101 Å². The summed E-state index contributed by atoms with van der Waals surface area (Å²) in [4.78, 5) is 89.8. The summed E-state index contributed by atoms with van der Waals surface area (Å²) in [5, 5.41) is 8.86. The number of aryl methyl sites for hydroxylation is 1. The minimum Gasteiger partial charge on any atom is -0.371 e. The number of piperazine rings is 1. The van der Waals surface area contributed by atoms with Crippen molar-refractivity contribution in [2.75, 3.05) is 60.9 Å². The molecule has 0 bridgehead atoms. The number of piperidine rings is 2. The molecular weight excluding hydrogens is 801 g/mol. The fraction of sp³-hybridized carbons (Fsp3) is 0.413. The molecule has 17 heteroatoms. The van der Waals surface area contributed by atoms with Crippen molar-refractivity contribution in [1.29, 1.82) is 0 Å². The maximum absolute atomic E-state index is 13.4. The fourth-order valence-corrected chi connectivity index (χ4v) is 9.74. The topological polar surface area (TPSA) is 191 Å². The van der Waals surface area contributed by atoms with Crippen molar-refractivity contribution in [3.63, 3.8) is 0 Å². The minimum atomic E-state index is -0.967. The van der Waals surface area contributed by atoms with Crippen LogP contribution in [0.3, 0.4) is 0 Å². The Balaban J connectivity index is 0.680. The predicted molar refractivity (Wildman–Crippen MR) is 234 cm³/mol. The van der Waals surface area contributed by atoms with E-state index in [-0.39, 0.29) is 36.7 Å². The molecule has 10 rings (SSSR count). The predicted octanol–water partition coefficient (Wildman–Crippen LogP) is 3.72. The highest BCUT2D eigenvalue weighted by atomic mass is 16.2. The van der Waals surface area contributed by atoms with Gasteiger partial charge in [0.25, 0.3) is 17.7 Å². The number of amides is 5. The quantitative estimate of drug-likeness (QED) is 0.163. The number of carbonyl (C=O) groups excluding carboxylic acids is 5. The van der Waals surface area contributed by atoms with Crippen LogP contribution >= 0.6 is 0 Å². The highest BCUT2D eigenvalue weighted by Crippen LogP contribution is 2.36. The molecule has 5 aliphatic rings. The molecule has 63 heavy (non-hydrogen) atoms. The third kappa shape index (κ3) is 8.08. The van der Waals surface area contributed by atoms with Crippen LogP contribution in [0.1, 0.15) is 87.0 Å². The highest BCUT2D eigenvalue weighted by Gasteiger charge is 2.45. The van der Waals surface area contributed by atoms with Gasteiger partial charge >= 0.3 is 0 Å². The molecule has 1 aliphatic carbocycles. The van der Waals surface area contributed by atoms with Gasteiger partial charge in [0, 0.05) is 87.9 Å². The Morgan fingerprint density at radius 3 is 2.37 bits per heavy atom. The average molecular weight is 851 g/mol. The van der Waals surface area contributed by atoms with Crippen LogP contribution in [-0.4, -0.2) is 122 Å². The maximum atomic E-state index is 13.4. The number of nitrogens with zero attached hydrogens (tertiary/aromatic N) is 9. The second-order valence-electron chi connectivity index (χ2n) is 17.4. The van der Waals surface area contributed by atoms with Gasteiger partial charge in [0.15, 0.2) is 11.5 Å². The number of carbonyl (C=O) groups is 5. The lowest BCUT2D eigenvalue weighted by atomic mass is 9.86. The first-order valence-corrected chi connectivity index (χ1v) is 22.0. The third-order valence-corrected chi connectivity index (χ3v) is 13.3. The Morgan fingerprint density at radius 2 is 1.57 bits per heavy atom. The van der Waals surface area contributed by atoms with E-state index in [1.54, 1.807) is 24.5 Å². The number of benzene rings is 2. The van der Waals surface area contributed by atoms with Crippen LogP contribution in [0, 0.1) is 12.8 Å². The molecule has 0 spiro atoms. The first-order valence-electron chi connectivity index (χ1n) is 22.0. The summed E-state index contributed by atoms with van der Waals surface area (Å²) in [5.74, 6) is -0.829. The smallest absolute Gasteiger partial charge is 0.270 e. The molecule has 4 fully saturated rings. The largest absolute Gasteiger partial charge is 0.371 e. The molecule has 17 nitrogen and oxygen atoms in total. The number of hydrogen-bond acceptors (Lipinski definition) is 13. The van der Waals surface area contributed by atoms with Crippen molar-refractivity contribution < 1.29 is 24.0 Å². The van der Waals surface area contributed by atoms with Gasteiger partial charge < -0.3 is 25.0 Å². The lowest BCUT2D eigenvalue weighted by molar-refractivity contribution is -0.136. The molecule has 1 saturated carbocycles. The van der Waals surface area contributed by atoms with Gasteiger partial charge in [0.2, 0.25) is 11.8 Å². The van der Waals surface area contributed by atoms with E-state index in [9.17, 15) is 24.0 Å². The first-order chi connectivity index (χ1) is 30.6. The summed E-state index contributed by atoms with van der Waals surface area (Å²) in [5.41, 5.74) is 6.65. The lowest BCUT2D eigenvalue weighted by Crippen LogP contribution is -2.54. The van der Waals surface area contributed by atoms with Gasteiger partial charge in [0.05, 0.1) is 17.5 Å². The van der Waals surface area contributed by atoms with Crippen molar-refractivity contribution in [3.8, 4) is 0 Å². The average Bonchev–Trinajstić information content (AvgIpc) is 3.82. The number of fused-ring (bicyclic) bond motifs is 2.